The minimum atomic E-state index is 0.295. The van der Waals surface area contributed by atoms with Crippen LogP contribution in [-0.4, -0.2) is 21.0 Å². The van der Waals surface area contributed by atoms with E-state index in [0.29, 0.717) is 18.5 Å². The van der Waals surface area contributed by atoms with Crippen molar-refractivity contribution in [2.45, 2.75) is 32.9 Å². The second-order valence-electron chi connectivity index (χ2n) is 6.14. The van der Waals surface area contributed by atoms with Crippen molar-refractivity contribution in [3.8, 4) is 11.3 Å². The highest BCUT2D eigenvalue weighted by Crippen LogP contribution is 2.22. The number of hydrogen-bond acceptors (Lipinski definition) is 5. The summed E-state index contributed by atoms with van der Waals surface area (Å²) in [4.78, 5) is 13.4. The molecule has 2 aromatic heterocycles. The third-order valence-electron chi connectivity index (χ3n) is 4.06. The lowest BCUT2D eigenvalue weighted by atomic mass is 10.2. The maximum Gasteiger partial charge on any atom is 0.225 e. The molecule has 6 heteroatoms. The van der Waals surface area contributed by atoms with E-state index in [0.717, 1.165) is 34.1 Å². The predicted molar refractivity (Wildman–Crippen MR) is 107 cm³/mol. The highest BCUT2D eigenvalue weighted by molar-refractivity contribution is 6.30. The summed E-state index contributed by atoms with van der Waals surface area (Å²) in [7, 11) is 0. The van der Waals surface area contributed by atoms with Gasteiger partial charge in [0.2, 0.25) is 5.95 Å². The van der Waals surface area contributed by atoms with Crippen molar-refractivity contribution in [2.75, 3.05) is 10.6 Å². The molecule has 0 aliphatic heterocycles. The van der Waals surface area contributed by atoms with Crippen LogP contribution >= 0.6 is 11.6 Å². The Labute approximate surface area is 158 Å². The molecule has 0 saturated heterocycles. The molecule has 26 heavy (non-hydrogen) atoms. The summed E-state index contributed by atoms with van der Waals surface area (Å²) in [5, 5.41) is 7.45. The van der Waals surface area contributed by atoms with E-state index in [1.165, 1.54) is 0 Å². The van der Waals surface area contributed by atoms with Crippen LogP contribution in [0.4, 0.5) is 11.8 Å². The summed E-state index contributed by atoms with van der Waals surface area (Å²) >= 11 is 5.95. The molecule has 0 radical (unpaired) electrons. The molecule has 1 atom stereocenters. The van der Waals surface area contributed by atoms with Crippen molar-refractivity contribution < 1.29 is 0 Å². The first kappa shape index (κ1) is 18.1. The maximum atomic E-state index is 5.95. The van der Waals surface area contributed by atoms with Gasteiger partial charge in [0.15, 0.2) is 0 Å². The van der Waals surface area contributed by atoms with Crippen molar-refractivity contribution in [3.63, 3.8) is 0 Å². The first-order chi connectivity index (χ1) is 12.6. The molecule has 0 spiro atoms. The van der Waals surface area contributed by atoms with E-state index in [1.807, 2.05) is 42.5 Å². The fourth-order valence-corrected chi connectivity index (χ4v) is 2.51. The molecule has 1 aromatic carbocycles. The molecule has 0 aliphatic carbocycles. The van der Waals surface area contributed by atoms with Gasteiger partial charge < -0.3 is 10.6 Å². The molecule has 0 amide bonds. The molecule has 0 saturated carbocycles. The first-order valence-electron chi connectivity index (χ1n) is 8.68. The normalized spacial score (nSPS) is 11.8. The van der Waals surface area contributed by atoms with Crippen LogP contribution in [0.3, 0.4) is 0 Å². The van der Waals surface area contributed by atoms with Crippen LogP contribution in [0.15, 0.2) is 54.9 Å². The monoisotopic (exact) mass is 367 g/mol. The predicted octanol–water partition coefficient (Wildman–Crippen LogP) is 5.01. The van der Waals surface area contributed by atoms with Crippen molar-refractivity contribution in [2.24, 2.45) is 0 Å². The van der Waals surface area contributed by atoms with Gasteiger partial charge in [-0.3, -0.25) is 4.98 Å². The zero-order valence-corrected chi connectivity index (χ0v) is 15.7. The summed E-state index contributed by atoms with van der Waals surface area (Å²) < 4.78 is 0. The Kier molecular flexibility index (Phi) is 6.02. The van der Waals surface area contributed by atoms with Crippen LogP contribution in [0.2, 0.25) is 5.02 Å². The van der Waals surface area contributed by atoms with Gasteiger partial charge in [0, 0.05) is 41.6 Å². The van der Waals surface area contributed by atoms with E-state index >= 15 is 0 Å². The molecule has 0 aliphatic rings. The van der Waals surface area contributed by atoms with Gasteiger partial charge in [0.1, 0.15) is 5.82 Å². The molecule has 0 bridgehead atoms. The average Bonchev–Trinajstić information content (AvgIpc) is 2.68. The van der Waals surface area contributed by atoms with Gasteiger partial charge in [-0.05, 0) is 43.2 Å². The molecular weight excluding hydrogens is 346 g/mol. The standard InChI is InChI=1S/C20H22ClN5/c1-3-14(2)24-20-25-18(16-5-4-10-22-13-16)11-19(26-20)23-12-15-6-8-17(21)9-7-15/h4-11,13-14H,3,12H2,1-2H3,(H2,23,24,25,26)/t14-/m1/s1. The summed E-state index contributed by atoms with van der Waals surface area (Å²) in [6.07, 6.45) is 4.55. The number of halogens is 1. The topological polar surface area (TPSA) is 62.7 Å². The SMILES string of the molecule is CC[C@@H](C)Nc1nc(NCc2ccc(Cl)cc2)cc(-c2cccnc2)n1. The number of rotatable bonds is 7. The van der Waals surface area contributed by atoms with Crippen molar-refractivity contribution in [3.05, 3.63) is 65.4 Å². The van der Waals surface area contributed by atoms with Gasteiger partial charge in [0.25, 0.3) is 0 Å². The van der Waals surface area contributed by atoms with Gasteiger partial charge in [0.05, 0.1) is 5.69 Å². The number of benzene rings is 1. The largest absolute Gasteiger partial charge is 0.366 e. The number of pyridine rings is 1. The Morgan fingerprint density at radius 3 is 2.62 bits per heavy atom. The summed E-state index contributed by atoms with van der Waals surface area (Å²) in [5.74, 6) is 1.37. The second-order valence-corrected chi connectivity index (χ2v) is 6.57. The number of nitrogens with one attached hydrogen (secondary N) is 2. The van der Waals surface area contributed by atoms with Crippen LogP contribution < -0.4 is 10.6 Å². The van der Waals surface area contributed by atoms with Crippen LogP contribution in [0.25, 0.3) is 11.3 Å². The highest BCUT2D eigenvalue weighted by atomic mass is 35.5. The third-order valence-corrected chi connectivity index (χ3v) is 4.31. The second kappa shape index (κ2) is 8.63. The van der Waals surface area contributed by atoms with E-state index in [9.17, 15) is 0 Å². The van der Waals surface area contributed by atoms with Gasteiger partial charge in [-0.15, -0.1) is 0 Å². The lowest BCUT2D eigenvalue weighted by Crippen LogP contribution is -2.16. The Hall–Kier alpha value is -2.66. The zero-order valence-electron chi connectivity index (χ0n) is 14.9. The Balaban J connectivity index is 1.85. The minimum absolute atomic E-state index is 0.295. The molecular formula is C20H22ClN5. The van der Waals surface area contributed by atoms with E-state index in [4.69, 9.17) is 11.6 Å². The molecule has 3 aromatic rings. The van der Waals surface area contributed by atoms with Gasteiger partial charge in [-0.25, -0.2) is 4.98 Å². The fourth-order valence-electron chi connectivity index (χ4n) is 2.38. The summed E-state index contributed by atoms with van der Waals surface area (Å²) in [6, 6.07) is 13.9. The zero-order chi connectivity index (χ0) is 18.4. The number of anilines is 2. The first-order valence-corrected chi connectivity index (χ1v) is 9.06. The Bertz CT molecular complexity index is 837. The number of aromatic nitrogens is 3. The lowest BCUT2D eigenvalue weighted by Gasteiger charge is -2.14. The van der Waals surface area contributed by atoms with Gasteiger partial charge in [-0.2, -0.15) is 4.98 Å². The Morgan fingerprint density at radius 2 is 1.92 bits per heavy atom. The maximum absolute atomic E-state index is 5.95. The van der Waals surface area contributed by atoms with Crippen molar-refractivity contribution in [1.82, 2.24) is 15.0 Å². The van der Waals surface area contributed by atoms with Crippen LogP contribution in [0.1, 0.15) is 25.8 Å². The Morgan fingerprint density at radius 1 is 1.12 bits per heavy atom. The summed E-state index contributed by atoms with van der Waals surface area (Å²) in [5.41, 5.74) is 2.92. The van der Waals surface area contributed by atoms with Gasteiger partial charge in [-0.1, -0.05) is 30.7 Å². The van der Waals surface area contributed by atoms with E-state index in [2.05, 4.69) is 39.4 Å². The molecule has 5 nitrogen and oxygen atoms in total. The smallest absolute Gasteiger partial charge is 0.225 e. The molecule has 2 heterocycles. The van der Waals surface area contributed by atoms with E-state index in [-0.39, 0.29) is 0 Å². The number of hydrogen-bond donors (Lipinski definition) is 2. The summed E-state index contributed by atoms with van der Waals surface area (Å²) in [6.45, 7) is 4.90. The molecule has 0 fully saturated rings. The van der Waals surface area contributed by atoms with E-state index in [1.54, 1.807) is 12.4 Å². The van der Waals surface area contributed by atoms with Gasteiger partial charge >= 0.3 is 0 Å². The molecule has 3 rings (SSSR count). The molecule has 0 unspecified atom stereocenters. The number of nitrogens with zero attached hydrogens (tertiary/aromatic N) is 3. The van der Waals surface area contributed by atoms with Crippen LogP contribution in [-0.2, 0) is 6.54 Å². The fraction of sp³-hybridized carbons (Fsp3) is 0.250. The third kappa shape index (κ3) is 4.92. The van der Waals surface area contributed by atoms with Crippen molar-refractivity contribution >= 4 is 23.4 Å². The van der Waals surface area contributed by atoms with E-state index < -0.39 is 0 Å². The average molecular weight is 368 g/mol. The molecule has 2 N–H and O–H groups in total. The minimum Gasteiger partial charge on any atom is -0.366 e. The highest BCUT2D eigenvalue weighted by Gasteiger charge is 2.09. The van der Waals surface area contributed by atoms with Crippen LogP contribution in [0.5, 0.6) is 0 Å². The lowest BCUT2D eigenvalue weighted by molar-refractivity contribution is 0.753. The quantitative estimate of drug-likeness (QED) is 0.614. The van der Waals surface area contributed by atoms with Crippen molar-refractivity contribution in [1.29, 1.82) is 0 Å². The van der Waals surface area contributed by atoms with Crippen LogP contribution in [0, 0.1) is 0 Å². The molecule has 134 valence electrons.